The molecule has 2 aromatic carbocycles. The highest BCUT2D eigenvalue weighted by molar-refractivity contribution is 8.01. The summed E-state index contributed by atoms with van der Waals surface area (Å²) in [5, 5.41) is 7.69. The lowest BCUT2D eigenvalue weighted by Crippen LogP contribution is -2.16. The smallest absolute Gasteiger partial charge is 0.234 e. The minimum atomic E-state index is -0.127. The first kappa shape index (κ1) is 22.8. The van der Waals surface area contributed by atoms with Crippen molar-refractivity contribution in [2.75, 3.05) is 23.5 Å². The highest BCUT2D eigenvalue weighted by Crippen LogP contribution is 2.25. The number of amides is 2. The summed E-state index contributed by atoms with van der Waals surface area (Å²) in [4.78, 5) is 29.2. The van der Waals surface area contributed by atoms with Crippen LogP contribution in [-0.2, 0) is 16.0 Å². The van der Waals surface area contributed by atoms with Crippen LogP contribution in [0.25, 0.3) is 0 Å². The summed E-state index contributed by atoms with van der Waals surface area (Å²) in [7, 11) is 1.58. The van der Waals surface area contributed by atoms with Crippen molar-refractivity contribution in [2.45, 2.75) is 31.5 Å². The van der Waals surface area contributed by atoms with E-state index >= 15 is 0 Å². The number of nitrogens with zero attached hydrogens (tertiary/aromatic N) is 1. The Morgan fingerprint density at radius 2 is 1.81 bits per heavy atom. The molecule has 0 fully saturated rings. The van der Waals surface area contributed by atoms with E-state index in [0.29, 0.717) is 17.1 Å². The molecular formula is C23H25N3O3S2. The maximum atomic E-state index is 12.5. The summed E-state index contributed by atoms with van der Waals surface area (Å²) in [6, 6.07) is 11.3. The van der Waals surface area contributed by atoms with Crippen LogP contribution in [0.3, 0.4) is 0 Å². The molecule has 3 rings (SSSR count). The molecule has 2 amide bonds. The van der Waals surface area contributed by atoms with Crippen molar-refractivity contribution in [3.05, 3.63) is 64.2 Å². The second-order valence-corrected chi connectivity index (χ2v) is 9.25. The van der Waals surface area contributed by atoms with Gasteiger partial charge >= 0.3 is 0 Å². The van der Waals surface area contributed by atoms with Gasteiger partial charge in [-0.3, -0.25) is 9.59 Å². The van der Waals surface area contributed by atoms with Gasteiger partial charge < -0.3 is 15.4 Å². The Bertz CT molecular complexity index is 1070. The first-order valence-electron chi connectivity index (χ1n) is 9.73. The fourth-order valence-electron chi connectivity index (χ4n) is 3.19. The Morgan fingerprint density at radius 3 is 2.52 bits per heavy atom. The van der Waals surface area contributed by atoms with E-state index in [-0.39, 0.29) is 24.0 Å². The number of benzene rings is 2. The zero-order valence-electron chi connectivity index (χ0n) is 17.9. The number of anilines is 2. The van der Waals surface area contributed by atoms with Crippen LogP contribution in [0.4, 0.5) is 11.4 Å². The Labute approximate surface area is 190 Å². The van der Waals surface area contributed by atoms with Crippen molar-refractivity contribution in [3.63, 3.8) is 0 Å². The Balaban J connectivity index is 1.51. The van der Waals surface area contributed by atoms with E-state index in [4.69, 9.17) is 4.74 Å². The predicted molar refractivity (Wildman–Crippen MR) is 127 cm³/mol. The van der Waals surface area contributed by atoms with E-state index in [1.807, 2.05) is 44.4 Å². The van der Waals surface area contributed by atoms with Gasteiger partial charge in [0.25, 0.3) is 0 Å². The van der Waals surface area contributed by atoms with Crippen LogP contribution in [0.15, 0.2) is 46.1 Å². The van der Waals surface area contributed by atoms with Crippen molar-refractivity contribution < 1.29 is 14.3 Å². The van der Waals surface area contributed by atoms with E-state index in [1.54, 1.807) is 13.2 Å². The number of carbonyl (C=O) groups is 2. The number of rotatable bonds is 8. The molecule has 0 aliphatic rings. The molecular weight excluding hydrogens is 430 g/mol. The van der Waals surface area contributed by atoms with Crippen molar-refractivity contribution in [1.29, 1.82) is 0 Å². The Hall–Kier alpha value is -2.84. The summed E-state index contributed by atoms with van der Waals surface area (Å²) >= 11 is 2.78. The maximum absolute atomic E-state index is 12.5. The number of carbonyl (C=O) groups excluding carboxylic acids is 2. The van der Waals surface area contributed by atoms with E-state index in [9.17, 15) is 9.59 Å². The fraction of sp³-hybridized carbons (Fsp3) is 0.261. The van der Waals surface area contributed by atoms with Gasteiger partial charge in [0, 0.05) is 22.8 Å². The molecule has 0 bridgehead atoms. The van der Waals surface area contributed by atoms with Gasteiger partial charge in [-0.05, 0) is 44.0 Å². The normalized spacial score (nSPS) is 10.6. The molecule has 0 radical (unpaired) electrons. The number of thiazole rings is 1. The van der Waals surface area contributed by atoms with Crippen molar-refractivity contribution >= 4 is 46.3 Å². The standard InChI is InChI=1S/C23H25N3O3S2/c1-14-8-15(2)22(16(3)9-14)26-20(27)11-18-12-30-23(25-18)31-13-21(28)24-17-6-5-7-19(10-17)29-4/h5-10,12H,11,13H2,1-4H3,(H,24,28)(H,26,27). The molecule has 162 valence electrons. The molecule has 0 saturated heterocycles. The molecule has 0 aliphatic carbocycles. The molecule has 0 aliphatic heterocycles. The number of ether oxygens (including phenoxy) is 1. The average Bonchev–Trinajstić information content (AvgIpc) is 3.16. The Kier molecular flexibility index (Phi) is 7.70. The monoisotopic (exact) mass is 455 g/mol. The van der Waals surface area contributed by atoms with Gasteiger partial charge in [0.1, 0.15) is 5.75 Å². The third-order valence-corrected chi connectivity index (χ3v) is 6.56. The highest BCUT2D eigenvalue weighted by Gasteiger charge is 2.12. The van der Waals surface area contributed by atoms with Crippen LogP contribution in [0.2, 0.25) is 0 Å². The third-order valence-electron chi connectivity index (χ3n) is 4.49. The topological polar surface area (TPSA) is 80.3 Å². The zero-order chi connectivity index (χ0) is 22.4. The van der Waals surface area contributed by atoms with E-state index in [0.717, 1.165) is 21.2 Å². The number of nitrogens with one attached hydrogen (secondary N) is 2. The SMILES string of the molecule is COc1cccc(NC(=O)CSc2nc(CC(=O)Nc3c(C)cc(C)cc3C)cs2)c1. The number of thioether (sulfide) groups is 1. The zero-order valence-corrected chi connectivity index (χ0v) is 19.6. The molecule has 2 N–H and O–H groups in total. The molecule has 6 nitrogen and oxygen atoms in total. The molecule has 0 saturated carbocycles. The van der Waals surface area contributed by atoms with Crippen molar-refractivity contribution in [2.24, 2.45) is 0 Å². The number of aromatic nitrogens is 1. The summed E-state index contributed by atoms with van der Waals surface area (Å²) in [5.41, 5.74) is 5.49. The van der Waals surface area contributed by atoms with Crippen LogP contribution in [0.1, 0.15) is 22.4 Å². The quantitative estimate of drug-likeness (QED) is 0.468. The summed E-state index contributed by atoms with van der Waals surface area (Å²) in [6.45, 7) is 6.02. The molecule has 3 aromatic rings. The maximum Gasteiger partial charge on any atom is 0.234 e. The van der Waals surface area contributed by atoms with Gasteiger partial charge in [0.15, 0.2) is 4.34 Å². The van der Waals surface area contributed by atoms with Gasteiger partial charge in [-0.2, -0.15) is 0 Å². The molecule has 8 heteroatoms. The third kappa shape index (κ3) is 6.57. The van der Waals surface area contributed by atoms with Gasteiger partial charge in [0.2, 0.25) is 11.8 Å². The molecule has 1 aromatic heterocycles. The first-order chi connectivity index (χ1) is 14.8. The van der Waals surface area contributed by atoms with Gasteiger partial charge in [-0.1, -0.05) is 35.5 Å². The van der Waals surface area contributed by atoms with Crippen LogP contribution >= 0.6 is 23.1 Å². The molecule has 31 heavy (non-hydrogen) atoms. The summed E-state index contributed by atoms with van der Waals surface area (Å²) in [5.74, 6) is 0.688. The van der Waals surface area contributed by atoms with Crippen LogP contribution < -0.4 is 15.4 Å². The van der Waals surface area contributed by atoms with Crippen LogP contribution in [0.5, 0.6) is 5.75 Å². The lowest BCUT2D eigenvalue weighted by molar-refractivity contribution is -0.116. The van der Waals surface area contributed by atoms with Gasteiger partial charge in [0.05, 0.1) is 25.0 Å². The van der Waals surface area contributed by atoms with Crippen molar-refractivity contribution in [1.82, 2.24) is 4.98 Å². The molecule has 0 atom stereocenters. The van der Waals surface area contributed by atoms with Crippen molar-refractivity contribution in [3.8, 4) is 5.75 Å². The highest BCUT2D eigenvalue weighted by atomic mass is 32.2. The summed E-state index contributed by atoms with van der Waals surface area (Å²) < 4.78 is 5.91. The predicted octanol–water partition coefficient (Wildman–Crippen LogP) is 4.99. The average molecular weight is 456 g/mol. The van der Waals surface area contributed by atoms with Gasteiger partial charge in [-0.25, -0.2) is 4.98 Å². The lowest BCUT2D eigenvalue weighted by Gasteiger charge is -2.12. The van der Waals surface area contributed by atoms with Gasteiger partial charge in [-0.15, -0.1) is 11.3 Å². The minimum Gasteiger partial charge on any atom is -0.497 e. The largest absolute Gasteiger partial charge is 0.497 e. The van der Waals surface area contributed by atoms with E-state index in [1.165, 1.54) is 28.7 Å². The van der Waals surface area contributed by atoms with E-state index < -0.39 is 0 Å². The molecule has 0 spiro atoms. The summed E-state index contributed by atoms with van der Waals surface area (Å²) in [6.07, 6.45) is 0.194. The minimum absolute atomic E-state index is 0.104. The van der Waals surface area contributed by atoms with Crippen LogP contribution in [0, 0.1) is 20.8 Å². The first-order valence-corrected chi connectivity index (χ1v) is 11.6. The number of methoxy groups -OCH3 is 1. The molecule has 1 heterocycles. The number of hydrogen-bond donors (Lipinski definition) is 2. The number of aryl methyl sites for hydroxylation is 3. The second kappa shape index (κ2) is 10.5. The molecule has 0 unspecified atom stereocenters. The van der Waals surface area contributed by atoms with E-state index in [2.05, 4.69) is 27.8 Å². The van der Waals surface area contributed by atoms with Crippen LogP contribution in [-0.4, -0.2) is 29.7 Å². The Morgan fingerprint density at radius 1 is 1.06 bits per heavy atom. The lowest BCUT2D eigenvalue weighted by atomic mass is 10.0. The fourth-order valence-corrected chi connectivity index (χ4v) is 4.83. The number of hydrogen-bond acceptors (Lipinski definition) is 6. The second-order valence-electron chi connectivity index (χ2n) is 7.17.